The predicted molar refractivity (Wildman–Crippen MR) is 123 cm³/mol. The number of hydrogen-bond acceptors (Lipinski definition) is 2. The summed E-state index contributed by atoms with van der Waals surface area (Å²) in [5.74, 6) is 3.76. The Bertz CT molecular complexity index is 851. The van der Waals surface area contributed by atoms with Crippen LogP contribution in [0.5, 0.6) is 0 Å². The third kappa shape index (κ3) is 12.0. The highest BCUT2D eigenvalue weighted by Gasteiger charge is 2.30. The van der Waals surface area contributed by atoms with Crippen LogP contribution in [0.2, 0.25) is 0 Å². The molecule has 0 saturated carbocycles. The Balaban J connectivity index is 0.00000282. The average molecular weight is 455 g/mol. The van der Waals surface area contributed by atoms with Crippen LogP contribution in [0.4, 0.5) is 13.2 Å². The van der Waals surface area contributed by atoms with E-state index in [0.29, 0.717) is 17.3 Å². The van der Waals surface area contributed by atoms with Crippen molar-refractivity contribution in [2.45, 2.75) is 59.2 Å². The lowest BCUT2D eigenvalue weighted by atomic mass is 10.2. The zero-order valence-corrected chi connectivity index (χ0v) is 19.3. The second-order valence-corrected chi connectivity index (χ2v) is 6.67. The van der Waals surface area contributed by atoms with Crippen molar-refractivity contribution in [3.05, 3.63) is 71.6 Å². The number of nitrogens with zero attached hydrogens (tertiary/aromatic N) is 2. The highest BCUT2D eigenvalue weighted by Crippen LogP contribution is 2.26. The molecule has 1 aromatic heterocycles. The smallest absolute Gasteiger partial charge is 0.416 e. The molecule has 1 rings (SSSR count). The maximum Gasteiger partial charge on any atom is 0.416 e. The summed E-state index contributed by atoms with van der Waals surface area (Å²) in [5.41, 5.74) is -0.0450. The fourth-order valence-corrected chi connectivity index (χ4v) is 2.41. The van der Waals surface area contributed by atoms with Crippen molar-refractivity contribution in [1.29, 1.82) is 0 Å². The number of ether oxygens (including phenoxy) is 1. The van der Waals surface area contributed by atoms with Crippen LogP contribution in [0.25, 0.3) is 6.20 Å². The van der Waals surface area contributed by atoms with Crippen LogP contribution >= 0.6 is 11.6 Å². The van der Waals surface area contributed by atoms with Crippen LogP contribution in [-0.2, 0) is 17.0 Å². The molecule has 0 bridgehead atoms. The van der Waals surface area contributed by atoms with E-state index in [9.17, 15) is 13.2 Å². The Kier molecular flexibility index (Phi) is 13.9. The number of imidazole rings is 1. The number of halogens is 4. The van der Waals surface area contributed by atoms with E-state index in [0.717, 1.165) is 12.2 Å². The van der Waals surface area contributed by atoms with Crippen LogP contribution < -0.4 is 0 Å². The predicted octanol–water partition coefficient (Wildman–Crippen LogP) is 7.22. The lowest BCUT2D eigenvalue weighted by Crippen LogP contribution is -2.09. The van der Waals surface area contributed by atoms with Gasteiger partial charge in [-0.3, -0.25) is 0 Å². The van der Waals surface area contributed by atoms with Crippen molar-refractivity contribution in [3.8, 4) is 12.3 Å². The van der Waals surface area contributed by atoms with Crippen molar-refractivity contribution in [3.63, 3.8) is 0 Å². The summed E-state index contributed by atoms with van der Waals surface area (Å²) < 4.78 is 45.8. The Morgan fingerprint density at radius 1 is 1.32 bits per heavy atom. The van der Waals surface area contributed by atoms with Crippen LogP contribution in [0.1, 0.15) is 46.1 Å². The maximum absolute atomic E-state index is 12.8. The minimum atomic E-state index is -4.37. The first kappa shape index (κ1) is 28.4. The van der Waals surface area contributed by atoms with Gasteiger partial charge in [0.2, 0.25) is 0 Å². The average Bonchev–Trinajstić information content (AvgIpc) is 3.06. The molecule has 31 heavy (non-hydrogen) atoms. The minimum Gasteiger partial charge on any atom is -0.491 e. The van der Waals surface area contributed by atoms with Gasteiger partial charge in [0.1, 0.15) is 11.6 Å². The van der Waals surface area contributed by atoms with Crippen LogP contribution in [0.3, 0.4) is 0 Å². The molecule has 170 valence electrons. The van der Waals surface area contributed by atoms with E-state index >= 15 is 0 Å². The summed E-state index contributed by atoms with van der Waals surface area (Å²) in [6.07, 6.45) is 14.9. The molecule has 0 aliphatic rings. The molecular formula is C24H30ClF3N2O. The number of aromatic nitrogens is 2. The topological polar surface area (TPSA) is 27.1 Å². The molecule has 0 amide bonds. The van der Waals surface area contributed by atoms with Gasteiger partial charge in [-0.1, -0.05) is 24.3 Å². The summed E-state index contributed by atoms with van der Waals surface area (Å²) in [6, 6.07) is 0. The second-order valence-electron chi connectivity index (χ2n) is 6.40. The fraction of sp³-hybridized carbons (Fsp3) is 0.375. The molecule has 0 unspecified atom stereocenters. The van der Waals surface area contributed by atoms with Gasteiger partial charge in [0.05, 0.1) is 23.3 Å². The lowest BCUT2D eigenvalue weighted by molar-refractivity contribution is -0.0883. The van der Waals surface area contributed by atoms with E-state index < -0.39 is 11.7 Å². The molecule has 0 N–H and O–H groups in total. The lowest BCUT2D eigenvalue weighted by Gasteiger charge is -2.09. The summed E-state index contributed by atoms with van der Waals surface area (Å²) in [6.45, 7) is 8.78. The molecule has 7 heteroatoms. The van der Waals surface area contributed by atoms with Gasteiger partial charge in [-0.2, -0.15) is 13.2 Å². The number of hydrogen-bond donors (Lipinski definition) is 0. The molecule has 0 fully saturated rings. The zero-order chi connectivity index (χ0) is 23.9. The minimum absolute atomic E-state index is 0.0436. The van der Waals surface area contributed by atoms with Crippen molar-refractivity contribution < 1.29 is 17.9 Å². The standard InChI is InChI=1S/C21H26ClF3N2O.C3H4/c1-5-9-19(28-16(3)4)11-8-13-27-15-18(14-22)26-20(27)12-7-10-17(6-2)21(23,24)25;1-3-2/h5-11,13,15-16H,12,14H2,1-4H3;1H,2H3/b9-5-,10-7-,13-8+,17-6+,19-11+;. The Hall–Kier alpha value is -2.65. The third-order valence-corrected chi connectivity index (χ3v) is 3.72. The Morgan fingerprint density at radius 2 is 1.97 bits per heavy atom. The molecule has 0 radical (unpaired) electrons. The molecule has 0 saturated heterocycles. The number of rotatable bonds is 9. The van der Waals surface area contributed by atoms with Gasteiger partial charge in [-0.25, -0.2) is 4.98 Å². The van der Waals surface area contributed by atoms with E-state index in [4.69, 9.17) is 16.3 Å². The van der Waals surface area contributed by atoms with Crippen molar-refractivity contribution in [1.82, 2.24) is 9.55 Å². The largest absolute Gasteiger partial charge is 0.491 e. The number of alkyl halides is 4. The van der Waals surface area contributed by atoms with Crippen molar-refractivity contribution in [2.75, 3.05) is 0 Å². The summed E-state index contributed by atoms with van der Waals surface area (Å²) in [4.78, 5) is 4.36. The van der Waals surface area contributed by atoms with E-state index in [-0.39, 0.29) is 18.4 Å². The quantitative estimate of drug-likeness (QED) is 0.170. The van der Waals surface area contributed by atoms with Crippen LogP contribution in [0, 0.1) is 12.3 Å². The van der Waals surface area contributed by atoms with Crippen molar-refractivity contribution >= 4 is 17.8 Å². The van der Waals surface area contributed by atoms with Gasteiger partial charge in [-0.05, 0) is 52.8 Å². The molecule has 0 atom stereocenters. The van der Waals surface area contributed by atoms with Gasteiger partial charge in [0.25, 0.3) is 0 Å². The van der Waals surface area contributed by atoms with Gasteiger partial charge in [-0.15, -0.1) is 23.9 Å². The summed E-state index contributed by atoms with van der Waals surface area (Å²) >= 11 is 5.85. The maximum atomic E-state index is 12.8. The Morgan fingerprint density at radius 3 is 2.45 bits per heavy atom. The first-order valence-corrected chi connectivity index (χ1v) is 10.2. The van der Waals surface area contributed by atoms with Gasteiger partial charge < -0.3 is 9.30 Å². The summed E-state index contributed by atoms with van der Waals surface area (Å²) in [5, 5.41) is 0. The molecule has 1 heterocycles. The third-order valence-electron chi connectivity index (χ3n) is 3.44. The molecule has 1 aromatic rings. The zero-order valence-electron chi connectivity index (χ0n) is 18.6. The SMILES string of the molecule is C#CC.C\C=C/C(=C\C=C\n1cc(CCl)nc1C/C=C\C(=C/C)C(F)(F)F)OC(C)C. The number of terminal acetylenes is 1. The summed E-state index contributed by atoms with van der Waals surface area (Å²) in [7, 11) is 0. The van der Waals surface area contributed by atoms with Gasteiger partial charge in [0, 0.05) is 18.8 Å². The van der Waals surface area contributed by atoms with Gasteiger partial charge in [0.15, 0.2) is 0 Å². The number of allylic oxidation sites excluding steroid dienone is 8. The van der Waals surface area contributed by atoms with Gasteiger partial charge >= 0.3 is 6.18 Å². The van der Waals surface area contributed by atoms with E-state index in [1.54, 1.807) is 30.0 Å². The molecule has 0 spiro atoms. The molecule has 3 nitrogen and oxygen atoms in total. The molecular weight excluding hydrogens is 425 g/mol. The monoisotopic (exact) mass is 454 g/mol. The van der Waals surface area contributed by atoms with E-state index in [1.165, 1.54) is 13.0 Å². The highest BCUT2D eigenvalue weighted by molar-refractivity contribution is 6.16. The van der Waals surface area contributed by atoms with E-state index in [1.807, 2.05) is 39.0 Å². The molecule has 0 aliphatic carbocycles. The van der Waals surface area contributed by atoms with Crippen LogP contribution in [0.15, 0.2) is 60.1 Å². The van der Waals surface area contributed by atoms with E-state index in [2.05, 4.69) is 17.3 Å². The van der Waals surface area contributed by atoms with Crippen LogP contribution in [-0.4, -0.2) is 21.8 Å². The van der Waals surface area contributed by atoms with Crippen molar-refractivity contribution in [2.24, 2.45) is 0 Å². The second kappa shape index (κ2) is 15.2. The molecule has 0 aliphatic heterocycles. The molecule has 0 aromatic carbocycles. The first-order valence-electron chi connectivity index (χ1n) is 9.70. The normalized spacial score (nSPS) is 13.2. The highest BCUT2D eigenvalue weighted by atomic mass is 35.5. The Labute approximate surface area is 188 Å². The first-order chi connectivity index (χ1) is 14.6. The fourth-order valence-electron chi connectivity index (χ4n) is 2.28.